The largest absolute Gasteiger partial charge is 0.353 e. The zero-order valence-corrected chi connectivity index (χ0v) is 11.7. The van der Waals surface area contributed by atoms with Gasteiger partial charge in [0.25, 0.3) is 0 Å². The van der Waals surface area contributed by atoms with Gasteiger partial charge in [-0.05, 0) is 18.6 Å². The number of imidazole rings is 1. The Bertz CT molecular complexity index is 552. The Morgan fingerprint density at radius 3 is 2.95 bits per heavy atom. The maximum absolute atomic E-state index is 5.40. The summed E-state index contributed by atoms with van der Waals surface area (Å²) in [7, 11) is 0. The molecule has 1 saturated heterocycles. The van der Waals surface area contributed by atoms with Gasteiger partial charge in [-0.15, -0.1) is 0 Å². The molecule has 1 aliphatic heterocycles. The summed E-state index contributed by atoms with van der Waals surface area (Å²) in [4.78, 5) is 16.8. The summed E-state index contributed by atoms with van der Waals surface area (Å²) < 4.78 is 1.71. The number of hydrogen-bond acceptors (Lipinski definition) is 8. The van der Waals surface area contributed by atoms with Gasteiger partial charge in [-0.25, -0.2) is 10.8 Å². The zero-order valence-electron chi connectivity index (χ0n) is 10.9. The maximum atomic E-state index is 5.40. The second-order valence-electron chi connectivity index (χ2n) is 4.41. The van der Waals surface area contributed by atoms with Gasteiger partial charge in [0, 0.05) is 24.2 Å². The lowest BCUT2D eigenvalue weighted by Crippen LogP contribution is -2.19. The standard InChI is InChI=1S/C11H16N8S/c12-18-10-15-9(14-6-8-2-1-5-20-8)16-11(17-10)19-4-3-13-7-19/h3-4,7-8H,1-2,5-6,12H2,(H2,14,15,16,17,18). The molecule has 1 unspecified atom stereocenters. The van der Waals surface area contributed by atoms with Crippen LogP contribution >= 0.6 is 11.8 Å². The summed E-state index contributed by atoms with van der Waals surface area (Å²) in [6, 6.07) is 0. The van der Waals surface area contributed by atoms with E-state index in [-0.39, 0.29) is 0 Å². The van der Waals surface area contributed by atoms with Crippen molar-refractivity contribution < 1.29 is 0 Å². The summed E-state index contributed by atoms with van der Waals surface area (Å²) in [5, 5.41) is 3.87. The molecular formula is C11H16N8S. The second-order valence-corrected chi connectivity index (χ2v) is 5.82. The molecule has 20 heavy (non-hydrogen) atoms. The van der Waals surface area contributed by atoms with Crippen LogP contribution in [0.1, 0.15) is 12.8 Å². The minimum atomic E-state index is 0.324. The van der Waals surface area contributed by atoms with Gasteiger partial charge in [0.15, 0.2) is 0 Å². The topological polar surface area (TPSA) is 107 Å². The number of hydrazine groups is 1. The molecule has 0 saturated carbocycles. The Labute approximate surface area is 120 Å². The molecule has 3 rings (SSSR count). The molecule has 4 N–H and O–H groups in total. The number of nitrogens with zero attached hydrogens (tertiary/aromatic N) is 5. The molecule has 106 valence electrons. The first-order valence-corrected chi connectivity index (χ1v) is 7.46. The maximum Gasteiger partial charge on any atom is 0.243 e. The van der Waals surface area contributed by atoms with Crippen LogP contribution in [-0.4, -0.2) is 42.1 Å². The van der Waals surface area contributed by atoms with E-state index in [1.54, 1.807) is 23.3 Å². The molecule has 2 aromatic heterocycles. The monoisotopic (exact) mass is 292 g/mol. The van der Waals surface area contributed by atoms with Gasteiger partial charge in [0.1, 0.15) is 6.33 Å². The number of nitrogens with one attached hydrogen (secondary N) is 2. The number of anilines is 2. The highest BCUT2D eigenvalue weighted by molar-refractivity contribution is 8.00. The second kappa shape index (κ2) is 6.06. The average Bonchev–Trinajstić information content (AvgIpc) is 3.17. The van der Waals surface area contributed by atoms with Crippen molar-refractivity contribution in [1.82, 2.24) is 24.5 Å². The molecule has 1 atom stereocenters. The number of aromatic nitrogens is 5. The first-order chi connectivity index (χ1) is 9.85. The summed E-state index contributed by atoms with van der Waals surface area (Å²) in [6.07, 6.45) is 7.59. The fourth-order valence-electron chi connectivity index (χ4n) is 2.01. The van der Waals surface area contributed by atoms with Gasteiger partial charge in [0.2, 0.25) is 17.8 Å². The van der Waals surface area contributed by atoms with Crippen LogP contribution in [0.4, 0.5) is 11.9 Å². The predicted octanol–water partition coefficient (Wildman–Crippen LogP) is 0.650. The molecule has 8 nitrogen and oxygen atoms in total. The number of rotatable bonds is 5. The van der Waals surface area contributed by atoms with E-state index in [4.69, 9.17) is 5.84 Å². The van der Waals surface area contributed by atoms with Crippen molar-refractivity contribution in [3.8, 4) is 5.95 Å². The van der Waals surface area contributed by atoms with Crippen LogP contribution in [-0.2, 0) is 0 Å². The van der Waals surface area contributed by atoms with E-state index < -0.39 is 0 Å². The lowest BCUT2D eigenvalue weighted by atomic mass is 10.2. The molecule has 3 heterocycles. The van der Waals surface area contributed by atoms with Crippen molar-refractivity contribution >= 4 is 23.7 Å². The Morgan fingerprint density at radius 2 is 2.25 bits per heavy atom. The van der Waals surface area contributed by atoms with Crippen LogP contribution in [0, 0.1) is 0 Å². The number of nitrogens with two attached hydrogens (primary N) is 1. The summed E-state index contributed by atoms with van der Waals surface area (Å²) >= 11 is 1.98. The molecule has 0 amide bonds. The van der Waals surface area contributed by atoms with Gasteiger partial charge < -0.3 is 5.32 Å². The number of thioether (sulfide) groups is 1. The van der Waals surface area contributed by atoms with Crippen molar-refractivity contribution in [3.63, 3.8) is 0 Å². The summed E-state index contributed by atoms with van der Waals surface area (Å²) in [5.74, 6) is 7.96. The molecule has 0 aromatic carbocycles. The molecular weight excluding hydrogens is 276 g/mol. The highest BCUT2D eigenvalue weighted by Crippen LogP contribution is 2.26. The predicted molar refractivity (Wildman–Crippen MR) is 78.7 cm³/mol. The lowest BCUT2D eigenvalue weighted by molar-refractivity contribution is 0.796. The first-order valence-electron chi connectivity index (χ1n) is 6.41. The highest BCUT2D eigenvalue weighted by Gasteiger charge is 2.16. The molecule has 0 aliphatic carbocycles. The van der Waals surface area contributed by atoms with Crippen LogP contribution in [0.5, 0.6) is 0 Å². The molecule has 1 fully saturated rings. The normalized spacial score (nSPS) is 18.1. The van der Waals surface area contributed by atoms with E-state index in [2.05, 4.69) is 30.7 Å². The third kappa shape index (κ3) is 2.99. The van der Waals surface area contributed by atoms with Crippen molar-refractivity contribution in [3.05, 3.63) is 18.7 Å². The summed E-state index contributed by atoms with van der Waals surface area (Å²) in [6.45, 7) is 0.849. The van der Waals surface area contributed by atoms with Crippen LogP contribution in [0.2, 0.25) is 0 Å². The number of nitrogen functional groups attached to an aromatic ring is 1. The van der Waals surface area contributed by atoms with Crippen molar-refractivity contribution in [2.75, 3.05) is 23.0 Å². The highest BCUT2D eigenvalue weighted by atomic mass is 32.2. The van der Waals surface area contributed by atoms with E-state index in [1.165, 1.54) is 18.6 Å². The van der Waals surface area contributed by atoms with E-state index in [9.17, 15) is 0 Å². The van der Waals surface area contributed by atoms with Crippen molar-refractivity contribution in [2.45, 2.75) is 18.1 Å². The van der Waals surface area contributed by atoms with Gasteiger partial charge in [-0.3, -0.25) is 9.99 Å². The van der Waals surface area contributed by atoms with Gasteiger partial charge in [-0.1, -0.05) is 0 Å². The fraction of sp³-hybridized carbons (Fsp3) is 0.455. The minimum absolute atomic E-state index is 0.324. The third-order valence-electron chi connectivity index (χ3n) is 3.00. The van der Waals surface area contributed by atoms with Gasteiger partial charge >= 0.3 is 0 Å². The SMILES string of the molecule is NNc1nc(NCC2CCCS2)nc(-n2ccnc2)n1. The van der Waals surface area contributed by atoms with E-state index in [0.717, 1.165) is 6.54 Å². The Kier molecular flexibility index (Phi) is 3.97. The third-order valence-corrected chi connectivity index (χ3v) is 4.40. The summed E-state index contributed by atoms with van der Waals surface area (Å²) in [5.41, 5.74) is 2.46. The van der Waals surface area contributed by atoms with Gasteiger partial charge in [-0.2, -0.15) is 26.7 Å². The molecule has 9 heteroatoms. The van der Waals surface area contributed by atoms with Crippen LogP contribution < -0.4 is 16.6 Å². The minimum Gasteiger partial charge on any atom is -0.353 e. The molecule has 0 bridgehead atoms. The van der Waals surface area contributed by atoms with E-state index >= 15 is 0 Å². The quantitative estimate of drug-likeness (QED) is 0.545. The van der Waals surface area contributed by atoms with Crippen molar-refractivity contribution in [2.24, 2.45) is 5.84 Å². The molecule has 0 spiro atoms. The average molecular weight is 292 g/mol. The Morgan fingerprint density at radius 1 is 1.35 bits per heavy atom. The van der Waals surface area contributed by atoms with E-state index in [0.29, 0.717) is 23.1 Å². The first kappa shape index (κ1) is 13.1. The van der Waals surface area contributed by atoms with Crippen LogP contribution in [0.25, 0.3) is 5.95 Å². The lowest BCUT2D eigenvalue weighted by Gasteiger charge is -2.11. The van der Waals surface area contributed by atoms with Crippen LogP contribution in [0.15, 0.2) is 18.7 Å². The van der Waals surface area contributed by atoms with Crippen molar-refractivity contribution in [1.29, 1.82) is 0 Å². The van der Waals surface area contributed by atoms with E-state index in [1.807, 2.05) is 11.8 Å². The Hall–Kier alpha value is -1.87. The number of hydrogen-bond donors (Lipinski definition) is 3. The zero-order chi connectivity index (χ0) is 13.8. The molecule has 2 aromatic rings. The van der Waals surface area contributed by atoms with Crippen LogP contribution in [0.3, 0.4) is 0 Å². The smallest absolute Gasteiger partial charge is 0.243 e. The fourth-order valence-corrected chi connectivity index (χ4v) is 3.21. The Balaban J connectivity index is 1.77. The van der Waals surface area contributed by atoms with Gasteiger partial charge in [0.05, 0.1) is 0 Å². The molecule has 0 radical (unpaired) electrons. The molecule has 1 aliphatic rings.